The number of benzene rings is 1. The van der Waals surface area contributed by atoms with Gasteiger partial charge in [-0.15, -0.1) is 0 Å². The highest BCUT2D eigenvalue weighted by atomic mass is 16.5. The number of furan rings is 2. The van der Waals surface area contributed by atoms with Gasteiger partial charge in [-0.3, -0.25) is 4.79 Å². The van der Waals surface area contributed by atoms with Gasteiger partial charge >= 0.3 is 5.91 Å². The van der Waals surface area contributed by atoms with E-state index in [4.69, 9.17) is 13.6 Å². The van der Waals surface area contributed by atoms with E-state index in [2.05, 4.69) is 10.5 Å². The Balaban J connectivity index is 1.84. The summed E-state index contributed by atoms with van der Waals surface area (Å²) in [6.45, 7) is 1.74. The van der Waals surface area contributed by atoms with Crippen LogP contribution in [0.4, 0.5) is 0 Å². The maximum atomic E-state index is 11.8. The zero-order chi connectivity index (χ0) is 15.5. The summed E-state index contributed by atoms with van der Waals surface area (Å²) < 4.78 is 16.0. The third kappa shape index (κ3) is 2.58. The lowest BCUT2D eigenvalue weighted by molar-refractivity contribution is 0.0927. The quantitative estimate of drug-likeness (QED) is 0.592. The first-order chi connectivity index (χ1) is 10.7. The smallest absolute Gasteiger partial charge is 0.307 e. The Kier molecular flexibility index (Phi) is 3.65. The SMILES string of the molecule is COc1cccc2cc(/C(C)=N\NC(=O)c3ccco3)oc12. The van der Waals surface area contributed by atoms with Crippen LogP contribution in [-0.4, -0.2) is 18.7 Å². The van der Waals surface area contributed by atoms with Gasteiger partial charge in [0.15, 0.2) is 22.9 Å². The number of ether oxygens (including phenoxy) is 1. The number of amides is 1. The molecule has 6 heteroatoms. The normalized spacial score (nSPS) is 11.6. The first-order valence-electron chi connectivity index (χ1n) is 6.64. The van der Waals surface area contributed by atoms with E-state index in [1.165, 1.54) is 6.26 Å². The van der Waals surface area contributed by atoms with Crippen molar-refractivity contribution in [3.05, 3.63) is 54.2 Å². The molecule has 0 bridgehead atoms. The summed E-state index contributed by atoms with van der Waals surface area (Å²) in [4.78, 5) is 11.8. The number of hydrogen-bond acceptors (Lipinski definition) is 5. The van der Waals surface area contributed by atoms with Gasteiger partial charge in [0.2, 0.25) is 0 Å². The average Bonchev–Trinajstić information content (AvgIpc) is 3.20. The van der Waals surface area contributed by atoms with Crippen LogP contribution < -0.4 is 10.2 Å². The molecule has 0 fully saturated rings. The van der Waals surface area contributed by atoms with Crippen LogP contribution in [0.2, 0.25) is 0 Å². The predicted molar refractivity (Wildman–Crippen MR) is 81.2 cm³/mol. The Bertz CT molecular complexity index is 831. The molecule has 22 heavy (non-hydrogen) atoms. The van der Waals surface area contributed by atoms with Crippen molar-refractivity contribution >= 4 is 22.6 Å². The molecule has 0 spiro atoms. The minimum Gasteiger partial charge on any atom is -0.493 e. The van der Waals surface area contributed by atoms with Gasteiger partial charge in [0.25, 0.3) is 0 Å². The van der Waals surface area contributed by atoms with Crippen LogP contribution in [0.1, 0.15) is 23.2 Å². The first kappa shape index (κ1) is 13.9. The molecule has 0 aliphatic carbocycles. The Morgan fingerprint density at radius 1 is 1.23 bits per heavy atom. The average molecular weight is 298 g/mol. The molecule has 112 valence electrons. The third-order valence-corrected chi connectivity index (χ3v) is 3.15. The fraction of sp³-hybridized carbons (Fsp3) is 0.125. The van der Waals surface area contributed by atoms with Crippen LogP contribution >= 0.6 is 0 Å². The fourth-order valence-electron chi connectivity index (χ4n) is 2.03. The molecule has 0 unspecified atom stereocenters. The van der Waals surface area contributed by atoms with Crippen LogP contribution in [-0.2, 0) is 0 Å². The molecule has 0 radical (unpaired) electrons. The maximum absolute atomic E-state index is 11.8. The molecule has 6 nitrogen and oxygen atoms in total. The van der Waals surface area contributed by atoms with Crippen LogP contribution in [0, 0.1) is 0 Å². The van der Waals surface area contributed by atoms with E-state index in [9.17, 15) is 4.79 Å². The molecule has 1 aromatic carbocycles. The van der Waals surface area contributed by atoms with Crippen molar-refractivity contribution in [3.63, 3.8) is 0 Å². The van der Waals surface area contributed by atoms with Gasteiger partial charge in [-0.05, 0) is 31.2 Å². The van der Waals surface area contributed by atoms with Crippen molar-refractivity contribution in [1.29, 1.82) is 0 Å². The zero-order valence-electron chi connectivity index (χ0n) is 12.1. The number of rotatable bonds is 4. The van der Waals surface area contributed by atoms with E-state index in [1.807, 2.05) is 24.3 Å². The topological polar surface area (TPSA) is 77.0 Å². The summed E-state index contributed by atoms with van der Waals surface area (Å²) in [5.41, 5.74) is 3.61. The van der Waals surface area contributed by atoms with Crippen molar-refractivity contribution in [2.75, 3.05) is 7.11 Å². The molecule has 0 atom stereocenters. The van der Waals surface area contributed by atoms with E-state index in [1.54, 1.807) is 26.2 Å². The monoisotopic (exact) mass is 298 g/mol. The van der Waals surface area contributed by atoms with Gasteiger partial charge in [0.1, 0.15) is 5.71 Å². The number of carbonyl (C=O) groups is 1. The maximum Gasteiger partial charge on any atom is 0.307 e. The number of hydrazone groups is 1. The molecule has 2 aromatic heterocycles. The molecule has 0 aliphatic heterocycles. The van der Waals surface area contributed by atoms with Gasteiger partial charge in [0, 0.05) is 5.39 Å². The molecular formula is C16H14N2O4. The largest absolute Gasteiger partial charge is 0.493 e. The van der Waals surface area contributed by atoms with Gasteiger partial charge in [-0.2, -0.15) is 5.10 Å². The number of fused-ring (bicyclic) bond motifs is 1. The number of methoxy groups -OCH3 is 1. The van der Waals surface area contributed by atoms with E-state index in [-0.39, 0.29) is 5.76 Å². The van der Waals surface area contributed by atoms with Crippen LogP contribution in [0.5, 0.6) is 5.75 Å². The lowest BCUT2D eigenvalue weighted by atomic mass is 10.2. The van der Waals surface area contributed by atoms with Crippen molar-refractivity contribution in [2.24, 2.45) is 5.10 Å². The Morgan fingerprint density at radius 2 is 2.09 bits per heavy atom. The zero-order valence-corrected chi connectivity index (χ0v) is 12.1. The molecule has 1 amide bonds. The number of nitrogens with zero attached hydrogens (tertiary/aromatic N) is 1. The Hall–Kier alpha value is -3.02. The lowest BCUT2D eigenvalue weighted by Gasteiger charge is -1.99. The molecule has 0 saturated heterocycles. The van der Waals surface area contributed by atoms with E-state index < -0.39 is 5.91 Å². The molecule has 0 aliphatic rings. The van der Waals surface area contributed by atoms with E-state index in [0.29, 0.717) is 22.8 Å². The summed E-state index contributed by atoms with van der Waals surface area (Å²) in [5.74, 6) is 0.983. The molecule has 1 N–H and O–H groups in total. The highest BCUT2D eigenvalue weighted by Crippen LogP contribution is 2.28. The van der Waals surface area contributed by atoms with Crippen molar-refractivity contribution in [3.8, 4) is 5.75 Å². The van der Waals surface area contributed by atoms with E-state index in [0.717, 1.165) is 5.39 Å². The summed E-state index contributed by atoms with van der Waals surface area (Å²) in [6.07, 6.45) is 1.43. The minimum absolute atomic E-state index is 0.197. The minimum atomic E-state index is -0.418. The van der Waals surface area contributed by atoms with Crippen molar-refractivity contribution in [1.82, 2.24) is 5.43 Å². The lowest BCUT2D eigenvalue weighted by Crippen LogP contribution is -2.18. The number of carbonyl (C=O) groups excluding carboxylic acids is 1. The third-order valence-electron chi connectivity index (χ3n) is 3.15. The molecular weight excluding hydrogens is 284 g/mol. The summed E-state index contributed by atoms with van der Waals surface area (Å²) in [6, 6.07) is 10.7. The second kappa shape index (κ2) is 5.77. The predicted octanol–water partition coefficient (Wildman–Crippen LogP) is 3.19. The van der Waals surface area contributed by atoms with Gasteiger partial charge in [-0.1, -0.05) is 12.1 Å². The van der Waals surface area contributed by atoms with Gasteiger partial charge in [0.05, 0.1) is 13.4 Å². The molecule has 3 rings (SSSR count). The second-order valence-corrected chi connectivity index (χ2v) is 4.60. The van der Waals surface area contributed by atoms with Crippen LogP contribution in [0.25, 0.3) is 11.0 Å². The molecule has 2 heterocycles. The Labute approximate surface area is 126 Å². The highest BCUT2D eigenvalue weighted by Gasteiger charge is 2.12. The van der Waals surface area contributed by atoms with Crippen LogP contribution in [0.3, 0.4) is 0 Å². The Morgan fingerprint density at radius 3 is 2.82 bits per heavy atom. The summed E-state index contributed by atoms with van der Waals surface area (Å²) in [5, 5.41) is 4.93. The van der Waals surface area contributed by atoms with Gasteiger partial charge < -0.3 is 13.6 Å². The standard InChI is InChI=1S/C16H14N2O4/c1-10(17-18-16(19)13-7-4-8-21-13)14-9-11-5-3-6-12(20-2)15(11)22-14/h3-9H,1-2H3,(H,18,19)/b17-10-. The fourth-order valence-corrected chi connectivity index (χ4v) is 2.03. The summed E-state index contributed by atoms with van der Waals surface area (Å²) >= 11 is 0. The van der Waals surface area contributed by atoms with Crippen molar-refractivity contribution in [2.45, 2.75) is 6.92 Å². The second-order valence-electron chi connectivity index (χ2n) is 4.60. The first-order valence-corrected chi connectivity index (χ1v) is 6.64. The molecule has 0 saturated carbocycles. The number of nitrogens with one attached hydrogen (secondary N) is 1. The molecule has 3 aromatic rings. The van der Waals surface area contributed by atoms with Gasteiger partial charge in [-0.25, -0.2) is 5.43 Å². The number of para-hydroxylation sites is 1. The van der Waals surface area contributed by atoms with Crippen molar-refractivity contribution < 1.29 is 18.4 Å². The van der Waals surface area contributed by atoms with Crippen LogP contribution in [0.15, 0.2) is 56.6 Å². The number of hydrogen-bond donors (Lipinski definition) is 1. The summed E-state index contributed by atoms with van der Waals surface area (Å²) in [7, 11) is 1.58. The highest BCUT2D eigenvalue weighted by molar-refractivity contribution is 6.01. The van der Waals surface area contributed by atoms with E-state index >= 15 is 0 Å².